The molecule has 2 aliphatic rings. The Hall–Kier alpha value is -0.0800. The maximum atomic E-state index is 6.19. The minimum absolute atomic E-state index is 0.440. The first-order chi connectivity index (χ1) is 9.15. The summed E-state index contributed by atoms with van der Waals surface area (Å²) < 4.78 is 0. The molecule has 2 nitrogen and oxygen atoms in total. The van der Waals surface area contributed by atoms with Crippen molar-refractivity contribution in [2.75, 3.05) is 19.6 Å². The van der Waals surface area contributed by atoms with E-state index in [1.807, 2.05) is 0 Å². The summed E-state index contributed by atoms with van der Waals surface area (Å²) in [5.41, 5.74) is 6.63. The van der Waals surface area contributed by atoms with Gasteiger partial charge < -0.3 is 5.73 Å². The zero-order valence-electron chi connectivity index (χ0n) is 13.2. The van der Waals surface area contributed by atoms with Gasteiger partial charge in [-0.2, -0.15) is 0 Å². The van der Waals surface area contributed by atoms with Crippen molar-refractivity contribution < 1.29 is 0 Å². The highest BCUT2D eigenvalue weighted by Gasteiger charge is 2.35. The Morgan fingerprint density at radius 1 is 1.05 bits per heavy atom. The van der Waals surface area contributed by atoms with Gasteiger partial charge in [0.2, 0.25) is 0 Å². The summed E-state index contributed by atoms with van der Waals surface area (Å²) in [6.45, 7) is 8.16. The molecule has 2 saturated carbocycles. The van der Waals surface area contributed by atoms with Crippen molar-refractivity contribution in [3.05, 3.63) is 0 Å². The Morgan fingerprint density at radius 2 is 1.68 bits per heavy atom. The number of hydrogen-bond acceptors (Lipinski definition) is 2. The monoisotopic (exact) mass is 266 g/mol. The third kappa shape index (κ3) is 4.19. The van der Waals surface area contributed by atoms with Crippen LogP contribution in [0.25, 0.3) is 0 Å². The predicted molar refractivity (Wildman–Crippen MR) is 83.2 cm³/mol. The van der Waals surface area contributed by atoms with Gasteiger partial charge in [-0.15, -0.1) is 0 Å². The van der Waals surface area contributed by atoms with Gasteiger partial charge in [-0.05, 0) is 43.6 Å². The van der Waals surface area contributed by atoms with Crippen LogP contribution in [0.15, 0.2) is 0 Å². The number of nitrogens with two attached hydrogens (primary N) is 1. The molecule has 0 amide bonds. The predicted octanol–water partition coefficient (Wildman–Crippen LogP) is 3.80. The van der Waals surface area contributed by atoms with E-state index in [0.29, 0.717) is 5.41 Å². The Labute approximate surface area is 120 Å². The Bertz CT molecular complexity index is 250. The first-order valence-corrected chi connectivity index (χ1v) is 8.59. The number of rotatable bonds is 6. The van der Waals surface area contributed by atoms with Gasteiger partial charge in [0.05, 0.1) is 0 Å². The Morgan fingerprint density at radius 3 is 2.21 bits per heavy atom. The molecule has 2 rings (SSSR count). The van der Waals surface area contributed by atoms with Gasteiger partial charge in [0, 0.05) is 19.1 Å². The molecular formula is C17H34N2. The van der Waals surface area contributed by atoms with E-state index in [4.69, 9.17) is 5.73 Å². The Balaban J connectivity index is 2.00. The normalized spacial score (nSPS) is 24.5. The second kappa shape index (κ2) is 7.08. The van der Waals surface area contributed by atoms with Gasteiger partial charge in [0.1, 0.15) is 0 Å². The molecule has 0 aliphatic heterocycles. The first kappa shape index (κ1) is 15.3. The van der Waals surface area contributed by atoms with E-state index in [0.717, 1.165) is 18.5 Å². The van der Waals surface area contributed by atoms with Gasteiger partial charge in [-0.1, -0.05) is 46.0 Å². The molecule has 0 aromatic rings. The lowest BCUT2D eigenvalue weighted by Gasteiger charge is -2.43. The van der Waals surface area contributed by atoms with Crippen molar-refractivity contribution in [2.45, 2.75) is 77.7 Å². The van der Waals surface area contributed by atoms with Crippen molar-refractivity contribution in [3.63, 3.8) is 0 Å². The van der Waals surface area contributed by atoms with E-state index >= 15 is 0 Å². The van der Waals surface area contributed by atoms with Crippen LogP contribution in [0.5, 0.6) is 0 Å². The maximum Gasteiger partial charge on any atom is 0.00956 e. The van der Waals surface area contributed by atoms with Gasteiger partial charge in [0.25, 0.3) is 0 Å². The van der Waals surface area contributed by atoms with Crippen molar-refractivity contribution in [3.8, 4) is 0 Å². The zero-order valence-corrected chi connectivity index (χ0v) is 13.2. The minimum atomic E-state index is 0.440. The van der Waals surface area contributed by atoms with Crippen LogP contribution in [-0.4, -0.2) is 30.6 Å². The summed E-state index contributed by atoms with van der Waals surface area (Å²) >= 11 is 0. The van der Waals surface area contributed by atoms with E-state index in [-0.39, 0.29) is 0 Å². The molecule has 0 heterocycles. The molecule has 0 unspecified atom stereocenters. The molecule has 2 fully saturated rings. The van der Waals surface area contributed by atoms with Crippen LogP contribution in [0.4, 0.5) is 0 Å². The molecule has 112 valence electrons. The molecule has 0 aromatic heterocycles. The lowest BCUT2D eigenvalue weighted by molar-refractivity contribution is 0.0734. The molecule has 2 aliphatic carbocycles. The minimum Gasteiger partial charge on any atom is -0.330 e. The lowest BCUT2D eigenvalue weighted by atomic mass is 9.73. The van der Waals surface area contributed by atoms with Gasteiger partial charge in [0.15, 0.2) is 0 Å². The molecule has 2 N–H and O–H groups in total. The number of nitrogens with zero attached hydrogens (tertiary/aromatic N) is 1. The molecule has 2 heteroatoms. The van der Waals surface area contributed by atoms with Crippen LogP contribution >= 0.6 is 0 Å². The van der Waals surface area contributed by atoms with Crippen LogP contribution < -0.4 is 5.73 Å². The molecule has 0 bridgehead atoms. The van der Waals surface area contributed by atoms with E-state index in [2.05, 4.69) is 18.7 Å². The van der Waals surface area contributed by atoms with E-state index in [1.165, 1.54) is 70.9 Å². The second-order valence-electron chi connectivity index (χ2n) is 7.53. The lowest BCUT2D eigenvalue weighted by Crippen LogP contribution is -2.48. The van der Waals surface area contributed by atoms with E-state index < -0.39 is 0 Å². The van der Waals surface area contributed by atoms with E-state index in [9.17, 15) is 0 Å². The topological polar surface area (TPSA) is 29.3 Å². The molecule has 0 atom stereocenters. The van der Waals surface area contributed by atoms with Crippen LogP contribution in [0, 0.1) is 11.3 Å². The van der Waals surface area contributed by atoms with Crippen molar-refractivity contribution in [1.29, 1.82) is 0 Å². The maximum absolute atomic E-state index is 6.19. The van der Waals surface area contributed by atoms with Crippen molar-refractivity contribution in [1.82, 2.24) is 4.90 Å². The van der Waals surface area contributed by atoms with Crippen molar-refractivity contribution in [2.24, 2.45) is 17.1 Å². The summed E-state index contributed by atoms with van der Waals surface area (Å²) in [6.07, 6.45) is 12.7. The summed E-state index contributed by atoms with van der Waals surface area (Å²) in [4.78, 5) is 2.82. The average molecular weight is 266 g/mol. The highest BCUT2D eigenvalue weighted by atomic mass is 15.2. The molecule has 0 aromatic carbocycles. The van der Waals surface area contributed by atoms with Crippen LogP contribution in [0.2, 0.25) is 0 Å². The standard InChI is InChI=1S/C17H34N2/c1-15(2)12-19(16-8-4-5-9-16)14-17(13-18)10-6-3-7-11-17/h15-16H,3-14,18H2,1-2H3. The SMILES string of the molecule is CC(C)CN(CC1(CN)CCCCC1)C1CCCC1. The summed E-state index contributed by atoms with van der Waals surface area (Å²) in [6, 6.07) is 0.854. The molecule has 0 radical (unpaired) electrons. The Kier molecular flexibility index (Phi) is 5.70. The second-order valence-corrected chi connectivity index (χ2v) is 7.53. The largest absolute Gasteiger partial charge is 0.330 e. The molecule has 0 saturated heterocycles. The van der Waals surface area contributed by atoms with Crippen LogP contribution in [0.1, 0.15) is 71.6 Å². The molecule has 0 spiro atoms. The van der Waals surface area contributed by atoms with Crippen molar-refractivity contribution >= 4 is 0 Å². The quantitative estimate of drug-likeness (QED) is 0.792. The van der Waals surface area contributed by atoms with Gasteiger partial charge in [-0.3, -0.25) is 4.90 Å². The molecule has 19 heavy (non-hydrogen) atoms. The molecular weight excluding hydrogens is 232 g/mol. The fourth-order valence-corrected chi connectivity index (χ4v) is 4.24. The fraction of sp³-hybridized carbons (Fsp3) is 1.00. The van der Waals surface area contributed by atoms with E-state index in [1.54, 1.807) is 0 Å². The highest BCUT2D eigenvalue weighted by molar-refractivity contribution is 4.90. The third-order valence-electron chi connectivity index (χ3n) is 5.33. The number of hydrogen-bond donors (Lipinski definition) is 1. The smallest absolute Gasteiger partial charge is 0.00956 e. The zero-order chi connectivity index (χ0) is 13.7. The summed E-state index contributed by atoms with van der Waals surface area (Å²) in [7, 11) is 0. The summed E-state index contributed by atoms with van der Waals surface area (Å²) in [5.74, 6) is 0.777. The fourth-order valence-electron chi connectivity index (χ4n) is 4.24. The highest BCUT2D eigenvalue weighted by Crippen LogP contribution is 2.38. The first-order valence-electron chi connectivity index (χ1n) is 8.59. The van der Waals surface area contributed by atoms with Gasteiger partial charge >= 0.3 is 0 Å². The third-order valence-corrected chi connectivity index (χ3v) is 5.33. The van der Waals surface area contributed by atoms with Gasteiger partial charge in [-0.25, -0.2) is 0 Å². The summed E-state index contributed by atoms with van der Waals surface area (Å²) in [5, 5.41) is 0. The average Bonchev–Trinajstić information content (AvgIpc) is 2.92. The van der Waals surface area contributed by atoms with Crippen LogP contribution in [0.3, 0.4) is 0 Å². The van der Waals surface area contributed by atoms with Crippen LogP contribution in [-0.2, 0) is 0 Å².